The maximum Gasteiger partial charge on any atom is 0.125 e. The number of thiophene rings is 1. The number of benzene rings is 2. The first-order valence-electron chi connectivity index (χ1n) is 7.72. The molecule has 1 aromatic heterocycles. The third-order valence-corrected chi connectivity index (χ3v) is 4.87. The Morgan fingerprint density at radius 3 is 2.30 bits per heavy atom. The first-order valence-corrected chi connectivity index (χ1v) is 8.60. The quantitative estimate of drug-likeness (QED) is 0.718. The summed E-state index contributed by atoms with van der Waals surface area (Å²) in [7, 11) is 0. The van der Waals surface area contributed by atoms with Gasteiger partial charge in [0, 0.05) is 4.88 Å². The summed E-state index contributed by atoms with van der Waals surface area (Å²) < 4.78 is 6.04. The van der Waals surface area contributed by atoms with Crippen molar-refractivity contribution in [2.45, 2.75) is 26.5 Å². The maximum atomic E-state index is 6.38. The Hall–Kier alpha value is -2.10. The molecule has 3 rings (SSSR count). The van der Waals surface area contributed by atoms with E-state index < -0.39 is 0 Å². The van der Waals surface area contributed by atoms with Gasteiger partial charge in [-0.15, -0.1) is 11.3 Å². The van der Waals surface area contributed by atoms with Crippen molar-refractivity contribution in [3.05, 3.63) is 87.1 Å². The molecule has 23 heavy (non-hydrogen) atoms. The van der Waals surface area contributed by atoms with Gasteiger partial charge in [-0.05, 0) is 47.5 Å². The molecule has 0 saturated carbocycles. The van der Waals surface area contributed by atoms with E-state index in [1.165, 1.54) is 10.4 Å². The van der Waals surface area contributed by atoms with Gasteiger partial charge in [0.15, 0.2) is 0 Å². The molecule has 3 aromatic rings. The lowest BCUT2D eigenvalue weighted by molar-refractivity contribution is 0.302. The fourth-order valence-corrected chi connectivity index (χ4v) is 3.51. The van der Waals surface area contributed by atoms with E-state index in [2.05, 4.69) is 49.6 Å². The zero-order chi connectivity index (χ0) is 16.2. The van der Waals surface area contributed by atoms with Crippen LogP contribution >= 0.6 is 11.3 Å². The van der Waals surface area contributed by atoms with Crippen molar-refractivity contribution in [3.63, 3.8) is 0 Å². The van der Waals surface area contributed by atoms with Crippen LogP contribution in [0.25, 0.3) is 0 Å². The highest BCUT2D eigenvalue weighted by Crippen LogP contribution is 2.31. The maximum absolute atomic E-state index is 6.38. The van der Waals surface area contributed by atoms with Crippen LogP contribution in [0.15, 0.2) is 60.0 Å². The number of hydrogen-bond acceptors (Lipinski definition) is 3. The minimum atomic E-state index is -0.0735. The molecule has 0 aliphatic rings. The van der Waals surface area contributed by atoms with E-state index >= 15 is 0 Å². The molecule has 0 aliphatic carbocycles. The number of ether oxygens (including phenoxy) is 1. The third kappa shape index (κ3) is 3.63. The molecule has 0 spiro atoms. The van der Waals surface area contributed by atoms with Gasteiger partial charge in [-0.3, -0.25) is 0 Å². The summed E-state index contributed by atoms with van der Waals surface area (Å²) >= 11 is 1.69. The zero-order valence-corrected chi connectivity index (χ0v) is 14.3. The average molecular weight is 323 g/mol. The van der Waals surface area contributed by atoms with Crippen LogP contribution in [0.4, 0.5) is 0 Å². The van der Waals surface area contributed by atoms with Crippen molar-refractivity contribution in [3.8, 4) is 5.75 Å². The molecule has 0 aliphatic heterocycles. The highest BCUT2D eigenvalue weighted by Gasteiger charge is 2.14. The van der Waals surface area contributed by atoms with Crippen molar-refractivity contribution >= 4 is 11.3 Å². The van der Waals surface area contributed by atoms with Crippen molar-refractivity contribution < 1.29 is 4.74 Å². The van der Waals surface area contributed by atoms with Crippen molar-refractivity contribution in [1.29, 1.82) is 0 Å². The van der Waals surface area contributed by atoms with Gasteiger partial charge in [-0.2, -0.15) is 0 Å². The lowest BCUT2D eigenvalue weighted by atomic mass is 10.00. The van der Waals surface area contributed by atoms with Gasteiger partial charge in [0.05, 0.1) is 6.04 Å². The van der Waals surface area contributed by atoms with Crippen molar-refractivity contribution in [1.82, 2.24) is 0 Å². The van der Waals surface area contributed by atoms with E-state index in [4.69, 9.17) is 10.5 Å². The summed E-state index contributed by atoms with van der Waals surface area (Å²) in [6.07, 6.45) is 0. The molecule has 0 radical (unpaired) electrons. The minimum Gasteiger partial charge on any atom is -0.488 e. The second-order valence-corrected chi connectivity index (χ2v) is 6.73. The highest BCUT2D eigenvalue weighted by molar-refractivity contribution is 7.10. The predicted octanol–water partition coefficient (Wildman–Crippen LogP) is 4.99. The molecule has 2 N–H and O–H groups in total. The minimum absolute atomic E-state index is 0.0735. The van der Waals surface area contributed by atoms with Crippen LogP contribution in [-0.4, -0.2) is 0 Å². The van der Waals surface area contributed by atoms with Gasteiger partial charge < -0.3 is 10.5 Å². The van der Waals surface area contributed by atoms with Gasteiger partial charge >= 0.3 is 0 Å². The topological polar surface area (TPSA) is 35.2 Å². The summed E-state index contributed by atoms with van der Waals surface area (Å²) in [5, 5.41) is 2.06. The molecule has 0 saturated heterocycles. The smallest absolute Gasteiger partial charge is 0.125 e. The first-order chi connectivity index (χ1) is 11.1. The molecule has 0 fully saturated rings. The molecule has 0 unspecified atom stereocenters. The molecule has 118 valence electrons. The van der Waals surface area contributed by atoms with Crippen LogP contribution in [0.3, 0.4) is 0 Å². The number of nitrogens with two attached hydrogens (primary N) is 1. The third-order valence-electron chi connectivity index (χ3n) is 3.92. The Morgan fingerprint density at radius 2 is 1.70 bits per heavy atom. The van der Waals surface area contributed by atoms with Gasteiger partial charge in [0.1, 0.15) is 12.4 Å². The van der Waals surface area contributed by atoms with Crippen LogP contribution in [0, 0.1) is 13.8 Å². The van der Waals surface area contributed by atoms with E-state index in [-0.39, 0.29) is 6.04 Å². The number of rotatable bonds is 5. The Kier molecular flexibility index (Phi) is 4.79. The summed E-state index contributed by atoms with van der Waals surface area (Å²) in [5.74, 6) is 0.955. The molecule has 1 atom stereocenters. The van der Waals surface area contributed by atoms with E-state index in [1.807, 2.05) is 24.3 Å². The lowest BCUT2D eigenvalue weighted by Crippen LogP contribution is -2.11. The second-order valence-electron chi connectivity index (χ2n) is 5.75. The molecular weight excluding hydrogens is 302 g/mol. The monoisotopic (exact) mass is 323 g/mol. The SMILES string of the molecule is Cc1cc([C@@H](N)c2cccs2)cc(C)c1OCc1ccccc1. The fourth-order valence-electron chi connectivity index (χ4n) is 2.75. The molecule has 1 heterocycles. The fraction of sp³-hybridized carbons (Fsp3) is 0.200. The van der Waals surface area contributed by atoms with Gasteiger partial charge in [-0.1, -0.05) is 48.5 Å². The van der Waals surface area contributed by atoms with Crippen LogP contribution in [0.2, 0.25) is 0 Å². The standard InChI is InChI=1S/C20H21NOS/c1-14-11-17(19(21)18-9-6-10-23-18)12-15(2)20(14)22-13-16-7-4-3-5-8-16/h3-12,19H,13,21H2,1-2H3/t19-/m1/s1. The lowest BCUT2D eigenvalue weighted by Gasteiger charge is -2.17. The zero-order valence-electron chi connectivity index (χ0n) is 13.5. The van der Waals surface area contributed by atoms with Gasteiger partial charge in [-0.25, -0.2) is 0 Å². The molecule has 2 aromatic carbocycles. The van der Waals surface area contributed by atoms with Crippen molar-refractivity contribution in [2.75, 3.05) is 0 Å². The van der Waals surface area contributed by atoms with Crippen LogP contribution < -0.4 is 10.5 Å². The number of aryl methyl sites for hydroxylation is 2. The van der Waals surface area contributed by atoms with E-state index in [1.54, 1.807) is 11.3 Å². The number of hydrogen-bond donors (Lipinski definition) is 1. The Bertz CT molecular complexity index is 743. The molecule has 0 bridgehead atoms. The van der Waals surface area contributed by atoms with Crippen LogP contribution in [-0.2, 0) is 6.61 Å². The van der Waals surface area contributed by atoms with E-state index in [0.29, 0.717) is 6.61 Å². The second kappa shape index (κ2) is 6.99. The largest absolute Gasteiger partial charge is 0.488 e. The molecule has 3 heteroatoms. The summed E-state index contributed by atoms with van der Waals surface area (Å²) in [5.41, 5.74) is 10.9. The average Bonchev–Trinajstić information content (AvgIpc) is 3.08. The van der Waals surface area contributed by atoms with Crippen molar-refractivity contribution in [2.24, 2.45) is 5.73 Å². The Labute approximate surface area is 141 Å². The van der Waals surface area contributed by atoms with Crippen LogP contribution in [0.5, 0.6) is 5.75 Å². The summed E-state index contributed by atoms with van der Waals surface area (Å²) in [4.78, 5) is 1.18. The van der Waals surface area contributed by atoms with E-state index in [0.717, 1.165) is 22.4 Å². The molecule has 2 nitrogen and oxygen atoms in total. The Morgan fingerprint density at radius 1 is 1.00 bits per heavy atom. The molecular formula is C20H21NOS. The van der Waals surface area contributed by atoms with Gasteiger partial charge in [0.2, 0.25) is 0 Å². The summed E-state index contributed by atoms with van der Waals surface area (Å²) in [6, 6.07) is 18.5. The molecule has 0 amide bonds. The van der Waals surface area contributed by atoms with E-state index in [9.17, 15) is 0 Å². The van der Waals surface area contributed by atoms with Gasteiger partial charge in [0.25, 0.3) is 0 Å². The normalized spacial score (nSPS) is 12.1. The highest BCUT2D eigenvalue weighted by atomic mass is 32.1. The predicted molar refractivity (Wildman–Crippen MR) is 97.0 cm³/mol. The summed E-state index contributed by atoms with van der Waals surface area (Å²) in [6.45, 7) is 4.74. The van der Waals surface area contributed by atoms with Crippen LogP contribution in [0.1, 0.15) is 33.2 Å². The Balaban J connectivity index is 1.80. The first kappa shape index (κ1) is 15.8.